The van der Waals surface area contributed by atoms with E-state index in [1.54, 1.807) is 24.3 Å². The van der Waals surface area contributed by atoms with Crippen LogP contribution in [0.15, 0.2) is 42.0 Å². The first-order chi connectivity index (χ1) is 15.1. The lowest BCUT2D eigenvalue weighted by atomic mass is 10.1. The van der Waals surface area contributed by atoms with E-state index in [0.717, 1.165) is 0 Å². The van der Waals surface area contributed by atoms with Gasteiger partial charge in [0.25, 0.3) is 17.5 Å². The van der Waals surface area contributed by atoms with E-state index in [2.05, 4.69) is 22.6 Å². The van der Waals surface area contributed by atoms with Gasteiger partial charge in [0, 0.05) is 26.2 Å². The molecule has 0 saturated carbocycles. The van der Waals surface area contributed by atoms with Crippen LogP contribution in [0.2, 0.25) is 0 Å². The Kier molecular flexibility index (Phi) is 7.09. The first kappa shape index (κ1) is 23.6. The largest absolute Gasteiger partial charge is 0.493 e. The number of amides is 2. The highest BCUT2D eigenvalue weighted by Crippen LogP contribution is 2.35. The van der Waals surface area contributed by atoms with Crippen molar-refractivity contribution in [2.75, 3.05) is 21.2 Å². The number of carbonyl (C=O) groups is 2. The predicted molar refractivity (Wildman–Crippen MR) is 129 cm³/mol. The molecule has 1 saturated heterocycles. The molecule has 0 atom stereocenters. The van der Waals surface area contributed by atoms with Gasteiger partial charge in [-0.05, 0) is 64.1 Å². The maximum atomic E-state index is 12.6. The zero-order valence-corrected chi connectivity index (χ0v) is 20.3. The number of nitro benzene ring substituents is 1. The number of carbonyl (C=O) groups excluding carboxylic acids is 2. The number of non-ortho nitro benzene ring substituents is 1. The number of thiocarbonyl (C=S) groups is 1. The van der Waals surface area contributed by atoms with E-state index in [-0.39, 0.29) is 23.0 Å². The quantitative estimate of drug-likeness (QED) is 0.132. The fourth-order valence-electron chi connectivity index (χ4n) is 3.02. The molecule has 166 valence electrons. The van der Waals surface area contributed by atoms with Crippen LogP contribution >= 0.6 is 34.8 Å². The van der Waals surface area contributed by atoms with E-state index in [1.165, 1.54) is 49.2 Å². The highest BCUT2D eigenvalue weighted by atomic mass is 127. The Morgan fingerprint density at radius 2 is 1.81 bits per heavy atom. The van der Waals surface area contributed by atoms with Crippen LogP contribution in [0.3, 0.4) is 0 Å². The van der Waals surface area contributed by atoms with Gasteiger partial charge in [-0.15, -0.1) is 0 Å². The maximum Gasteiger partial charge on any atom is 0.269 e. The van der Waals surface area contributed by atoms with Crippen LogP contribution in [-0.2, 0) is 16.2 Å². The summed E-state index contributed by atoms with van der Waals surface area (Å²) >= 11 is 7.16. The highest BCUT2D eigenvalue weighted by Gasteiger charge is 2.35. The van der Waals surface area contributed by atoms with Gasteiger partial charge in [0.2, 0.25) is 0 Å². The lowest BCUT2D eigenvalue weighted by Crippen LogP contribution is -2.52. The number of hydrogen-bond donors (Lipinski definition) is 0. The molecule has 9 nitrogen and oxygen atoms in total. The molecule has 1 fully saturated rings. The molecular weight excluding hydrogens is 549 g/mol. The molecule has 1 heterocycles. The van der Waals surface area contributed by atoms with Gasteiger partial charge in [-0.3, -0.25) is 29.5 Å². The molecule has 3 rings (SSSR count). The zero-order chi connectivity index (χ0) is 23.6. The van der Waals surface area contributed by atoms with Crippen LogP contribution in [0.25, 0.3) is 6.08 Å². The Balaban J connectivity index is 1.90. The normalized spacial score (nSPS) is 14.0. The molecule has 2 amide bonds. The number of hydrogen-bond acceptors (Lipinski definition) is 7. The summed E-state index contributed by atoms with van der Waals surface area (Å²) in [7, 11) is 4.49. The van der Waals surface area contributed by atoms with Crippen molar-refractivity contribution in [3.63, 3.8) is 0 Å². The van der Waals surface area contributed by atoms with Crippen molar-refractivity contribution < 1.29 is 24.0 Å². The second kappa shape index (κ2) is 9.61. The lowest BCUT2D eigenvalue weighted by Gasteiger charge is -2.31. The molecule has 0 N–H and O–H groups in total. The minimum Gasteiger partial charge on any atom is -0.493 e. The number of nitrogens with zero attached hydrogens (tertiary/aromatic N) is 3. The maximum absolute atomic E-state index is 12.6. The minimum atomic E-state index is -0.488. The van der Waals surface area contributed by atoms with Crippen LogP contribution in [0.1, 0.15) is 11.1 Å². The summed E-state index contributed by atoms with van der Waals surface area (Å²) < 4.78 is 12.0. The molecule has 0 aliphatic carbocycles. The van der Waals surface area contributed by atoms with E-state index in [1.807, 2.05) is 0 Å². The van der Waals surface area contributed by atoms with Crippen molar-refractivity contribution in [2.24, 2.45) is 0 Å². The van der Waals surface area contributed by atoms with E-state index in [0.29, 0.717) is 26.2 Å². The average molecular weight is 567 g/mol. The van der Waals surface area contributed by atoms with E-state index < -0.39 is 16.7 Å². The second-order valence-electron chi connectivity index (χ2n) is 6.82. The van der Waals surface area contributed by atoms with Crippen LogP contribution in [0.4, 0.5) is 5.69 Å². The van der Waals surface area contributed by atoms with Gasteiger partial charge >= 0.3 is 0 Å². The number of rotatable bonds is 6. The van der Waals surface area contributed by atoms with Crippen molar-refractivity contribution in [1.82, 2.24) is 9.80 Å². The molecule has 0 unspecified atom stereocenters. The molecule has 0 radical (unpaired) electrons. The van der Waals surface area contributed by atoms with E-state index in [9.17, 15) is 19.7 Å². The fraction of sp³-hybridized carbons (Fsp3) is 0.190. The van der Waals surface area contributed by atoms with Gasteiger partial charge in [0.15, 0.2) is 16.6 Å². The number of ether oxygens (including phenoxy) is 2. The van der Waals surface area contributed by atoms with Crippen LogP contribution in [0.5, 0.6) is 11.5 Å². The Morgan fingerprint density at radius 3 is 2.41 bits per heavy atom. The van der Waals surface area contributed by atoms with Gasteiger partial charge in [-0.25, -0.2) is 0 Å². The fourth-order valence-corrected chi connectivity index (χ4v) is 3.97. The summed E-state index contributed by atoms with van der Waals surface area (Å²) in [5.74, 6) is -0.142. The standard InChI is InChI=1S/C21H18IN3O6S/c1-23-19(26)15(20(27)24(2)21(23)32)8-13-9-16(22)18(17(10-13)30-3)31-11-12-5-4-6-14(7-12)25(28)29/h4-10H,11H2,1-3H3. The Labute approximate surface area is 202 Å². The van der Waals surface area contributed by atoms with E-state index in [4.69, 9.17) is 21.7 Å². The minimum absolute atomic E-state index is 0.0216. The third-order valence-corrected chi connectivity index (χ3v) is 6.06. The summed E-state index contributed by atoms with van der Waals surface area (Å²) in [5, 5.41) is 11.1. The second-order valence-corrected chi connectivity index (χ2v) is 8.35. The van der Waals surface area contributed by atoms with Crippen molar-refractivity contribution in [3.05, 3.63) is 66.8 Å². The smallest absolute Gasteiger partial charge is 0.269 e. The highest BCUT2D eigenvalue weighted by molar-refractivity contribution is 14.1. The SMILES string of the molecule is COc1cc(C=C2C(=O)N(C)C(=S)N(C)C2=O)cc(I)c1OCc1cccc([N+](=O)[O-])c1. The number of likely N-dealkylation sites (N-methyl/N-ethyl adjacent to an activating group) is 2. The first-order valence-corrected chi connectivity index (χ1v) is 10.7. The van der Waals surface area contributed by atoms with Crippen molar-refractivity contribution in [1.29, 1.82) is 0 Å². The van der Waals surface area contributed by atoms with Gasteiger partial charge in [0.05, 0.1) is 15.6 Å². The molecular formula is C21H18IN3O6S. The predicted octanol–water partition coefficient (Wildman–Crippen LogP) is 3.39. The van der Waals surface area contributed by atoms with Crippen LogP contribution in [-0.4, -0.2) is 52.9 Å². The number of methoxy groups -OCH3 is 1. The van der Waals surface area contributed by atoms with Gasteiger partial charge in [0.1, 0.15) is 12.2 Å². The third kappa shape index (κ3) is 4.72. The number of benzene rings is 2. The van der Waals surface area contributed by atoms with Gasteiger partial charge in [-0.1, -0.05) is 12.1 Å². The third-order valence-electron chi connectivity index (χ3n) is 4.71. The molecule has 0 bridgehead atoms. The summed E-state index contributed by atoms with van der Waals surface area (Å²) in [5.41, 5.74) is 1.15. The van der Waals surface area contributed by atoms with E-state index >= 15 is 0 Å². The van der Waals surface area contributed by atoms with Crippen LogP contribution < -0.4 is 9.47 Å². The summed E-state index contributed by atoms with van der Waals surface area (Å²) in [4.78, 5) is 38.1. The topological polar surface area (TPSA) is 102 Å². The Hall–Kier alpha value is -3.06. The molecule has 11 heteroatoms. The summed E-state index contributed by atoms with van der Waals surface area (Å²) in [6.07, 6.45) is 1.48. The monoisotopic (exact) mass is 567 g/mol. The summed E-state index contributed by atoms with van der Waals surface area (Å²) in [6.45, 7) is 0.0957. The number of nitro groups is 1. The van der Waals surface area contributed by atoms with Gasteiger partial charge < -0.3 is 9.47 Å². The zero-order valence-electron chi connectivity index (χ0n) is 17.3. The molecule has 1 aliphatic rings. The van der Waals surface area contributed by atoms with Gasteiger partial charge in [-0.2, -0.15) is 0 Å². The summed E-state index contributed by atoms with van der Waals surface area (Å²) in [6, 6.07) is 9.55. The molecule has 32 heavy (non-hydrogen) atoms. The van der Waals surface area contributed by atoms with Crippen molar-refractivity contribution in [2.45, 2.75) is 6.61 Å². The molecule has 0 spiro atoms. The van der Waals surface area contributed by atoms with Crippen LogP contribution in [0, 0.1) is 13.7 Å². The van der Waals surface area contributed by atoms with Crippen molar-refractivity contribution in [3.8, 4) is 11.5 Å². The Bertz CT molecular complexity index is 1140. The molecule has 2 aromatic carbocycles. The van der Waals surface area contributed by atoms with Crippen molar-refractivity contribution >= 4 is 63.5 Å². The Morgan fingerprint density at radius 1 is 1.16 bits per heavy atom. The molecule has 1 aliphatic heterocycles. The molecule has 2 aromatic rings. The lowest BCUT2D eigenvalue weighted by molar-refractivity contribution is -0.384. The molecule has 0 aromatic heterocycles. The average Bonchev–Trinajstić information content (AvgIpc) is 2.78. The first-order valence-electron chi connectivity index (χ1n) is 9.19. The number of halogens is 1.